The van der Waals surface area contributed by atoms with E-state index in [1.807, 2.05) is 19.1 Å². The van der Waals surface area contributed by atoms with E-state index in [-0.39, 0.29) is 17.4 Å². The molecule has 0 saturated heterocycles. The van der Waals surface area contributed by atoms with E-state index in [0.717, 1.165) is 17.4 Å². The van der Waals surface area contributed by atoms with Crippen molar-refractivity contribution in [3.8, 4) is 0 Å². The molecule has 2 unspecified atom stereocenters. The summed E-state index contributed by atoms with van der Waals surface area (Å²) in [5.41, 5.74) is 1.40. The minimum absolute atomic E-state index is 0.257. The van der Waals surface area contributed by atoms with Crippen molar-refractivity contribution in [3.63, 3.8) is 0 Å². The third-order valence-electron chi connectivity index (χ3n) is 7.03. The van der Waals surface area contributed by atoms with Crippen LogP contribution < -0.4 is 0 Å². The van der Waals surface area contributed by atoms with Crippen LogP contribution in [0, 0.1) is 36.0 Å². The Bertz CT molecular complexity index is 694. The lowest BCUT2D eigenvalue weighted by Crippen LogP contribution is -2.39. The van der Waals surface area contributed by atoms with E-state index in [0.29, 0.717) is 11.3 Å². The third kappa shape index (κ3) is 3.66. The average Bonchev–Trinajstić information content (AvgIpc) is 2.92. The lowest BCUT2D eigenvalue weighted by molar-refractivity contribution is 0.0265. The molecule has 4 heteroatoms. The molecule has 0 spiro atoms. The molecule has 0 radical (unpaired) electrons. The van der Waals surface area contributed by atoms with Gasteiger partial charge in [-0.05, 0) is 67.4 Å². The van der Waals surface area contributed by atoms with Crippen molar-refractivity contribution in [2.45, 2.75) is 64.7 Å². The predicted octanol–water partition coefficient (Wildman–Crippen LogP) is 5.19. The summed E-state index contributed by atoms with van der Waals surface area (Å²) in [6.07, 6.45) is 6.43. The van der Waals surface area contributed by atoms with Crippen LogP contribution in [0.3, 0.4) is 0 Å². The fourth-order valence-corrected chi connectivity index (χ4v) is 6.62. The highest BCUT2D eigenvalue weighted by Crippen LogP contribution is 2.59. The summed E-state index contributed by atoms with van der Waals surface area (Å²) < 4.78 is 30.4. The summed E-state index contributed by atoms with van der Waals surface area (Å²) in [5, 5.41) is 0. The molecule has 1 aromatic rings. The number of aryl methyl sites for hydroxylation is 1. The Morgan fingerprint density at radius 3 is 2.56 bits per heavy atom. The minimum atomic E-state index is -3.66. The van der Waals surface area contributed by atoms with Crippen molar-refractivity contribution in [2.75, 3.05) is 6.61 Å². The molecule has 2 saturated carbocycles. The van der Waals surface area contributed by atoms with Crippen molar-refractivity contribution in [3.05, 3.63) is 29.8 Å². The van der Waals surface area contributed by atoms with Crippen LogP contribution in [-0.2, 0) is 14.3 Å². The van der Waals surface area contributed by atoms with Crippen molar-refractivity contribution >= 4 is 10.1 Å². The van der Waals surface area contributed by atoms with Gasteiger partial charge in [0.15, 0.2) is 0 Å². The van der Waals surface area contributed by atoms with Gasteiger partial charge >= 0.3 is 0 Å². The molecule has 140 valence electrons. The Labute approximate surface area is 153 Å². The molecular formula is C21H32O3S. The number of fused-ring (bicyclic) bond motifs is 1. The van der Waals surface area contributed by atoms with Gasteiger partial charge in [-0.1, -0.05) is 51.3 Å². The third-order valence-corrected chi connectivity index (χ3v) is 8.32. The van der Waals surface area contributed by atoms with E-state index >= 15 is 0 Å². The molecule has 0 aromatic heterocycles. The molecule has 0 aliphatic heterocycles. The highest BCUT2D eigenvalue weighted by molar-refractivity contribution is 7.86. The molecule has 3 nitrogen and oxygen atoms in total. The van der Waals surface area contributed by atoms with Gasteiger partial charge in [-0.2, -0.15) is 8.42 Å². The van der Waals surface area contributed by atoms with E-state index in [1.54, 1.807) is 12.1 Å². The Morgan fingerprint density at radius 2 is 1.88 bits per heavy atom. The first-order valence-corrected chi connectivity index (χ1v) is 11.1. The molecule has 2 aliphatic carbocycles. The molecule has 0 heterocycles. The molecule has 0 bridgehead atoms. The highest BCUT2D eigenvalue weighted by atomic mass is 32.2. The van der Waals surface area contributed by atoms with Crippen molar-refractivity contribution in [1.82, 2.24) is 0 Å². The fraction of sp³-hybridized carbons (Fsp3) is 0.714. The van der Waals surface area contributed by atoms with Gasteiger partial charge in [-0.25, -0.2) is 0 Å². The quantitative estimate of drug-likeness (QED) is 0.675. The Balaban J connectivity index is 1.66. The second kappa shape index (κ2) is 7.03. The zero-order valence-electron chi connectivity index (χ0n) is 16.0. The second-order valence-electron chi connectivity index (χ2n) is 8.69. The first-order chi connectivity index (χ1) is 11.7. The van der Waals surface area contributed by atoms with Crippen LogP contribution in [0.4, 0.5) is 0 Å². The zero-order chi connectivity index (χ0) is 18.2. The van der Waals surface area contributed by atoms with Gasteiger partial charge < -0.3 is 0 Å². The first-order valence-electron chi connectivity index (χ1n) is 9.70. The van der Waals surface area contributed by atoms with Crippen LogP contribution in [0.1, 0.15) is 58.4 Å². The van der Waals surface area contributed by atoms with Crippen molar-refractivity contribution < 1.29 is 12.6 Å². The van der Waals surface area contributed by atoms with Gasteiger partial charge in [0.1, 0.15) is 0 Å². The number of hydrogen-bond donors (Lipinski definition) is 0. The summed E-state index contributed by atoms with van der Waals surface area (Å²) in [6, 6.07) is 6.88. The van der Waals surface area contributed by atoms with Crippen LogP contribution in [0.2, 0.25) is 0 Å². The number of hydrogen-bond acceptors (Lipinski definition) is 3. The van der Waals surface area contributed by atoms with Gasteiger partial charge in [0, 0.05) is 0 Å². The molecule has 0 amide bonds. The lowest BCUT2D eigenvalue weighted by atomic mass is 9.60. The van der Waals surface area contributed by atoms with Crippen molar-refractivity contribution in [1.29, 1.82) is 0 Å². The smallest absolute Gasteiger partial charge is 0.266 e. The minimum Gasteiger partial charge on any atom is -0.266 e. The van der Waals surface area contributed by atoms with Gasteiger partial charge in [0.2, 0.25) is 0 Å². The molecule has 2 fully saturated rings. The van der Waals surface area contributed by atoms with Crippen LogP contribution >= 0.6 is 0 Å². The average molecular weight is 365 g/mol. The molecule has 25 heavy (non-hydrogen) atoms. The van der Waals surface area contributed by atoms with Crippen LogP contribution in [0.5, 0.6) is 0 Å². The topological polar surface area (TPSA) is 43.4 Å². The molecular weight excluding hydrogens is 332 g/mol. The number of rotatable bonds is 5. The number of benzene rings is 1. The summed E-state index contributed by atoms with van der Waals surface area (Å²) in [5.74, 6) is 2.42. The monoisotopic (exact) mass is 364 g/mol. The summed E-state index contributed by atoms with van der Waals surface area (Å²) in [6.45, 7) is 9.24. The van der Waals surface area contributed by atoms with E-state index < -0.39 is 10.1 Å². The summed E-state index contributed by atoms with van der Waals surface area (Å²) in [4.78, 5) is 0.257. The Hall–Kier alpha value is -0.870. The fourth-order valence-electron chi connectivity index (χ4n) is 5.63. The molecule has 2 aliphatic rings. The maximum atomic E-state index is 12.5. The van der Waals surface area contributed by atoms with Crippen LogP contribution in [0.25, 0.3) is 0 Å². The highest BCUT2D eigenvalue weighted by Gasteiger charge is 2.51. The summed E-state index contributed by atoms with van der Waals surface area (Å²) in [7, 11) is -3.66. The second-order valence-corrected chi connectivity index (χ2v) is 10.3. The normalized spacial score (nSPS) is 33.8. The predicted molar refractivity (Wildman–Crippen MR) is 101 cm³/mol. The maximum Gasteiger partial charge on any atom is 0.296 e. The van der Waals surface area contributed by atoms with Gasteiger partial charge in [0.25, 0.3) is 10.1 Å². The summed E-state index contributed by atoms with van der Waals surface area (Å²) >= 11 is 0. The standard InChI is InChI=1S/C21H32O3S/c1-15-7-9-18(10-8-15)25(22,23)24-14-17(3)20-12-11-19-16(2)6-5-13-21(19,20)4/h7-10,16-17,19-20H,5-6,11-14H2,1-4H3/t16-,17-,19?,20?,21-/m0/s1. The van der Waals surface area contributed by atoms with Gasteiger partial charge in [-0.3, -0.25) is 4.18 Å². The van der Waals surface area contributed by atoms with Crippen molar-refractivity contribution in [2.24, 2.45) is 29.1 Å². The zero-order valence-corrected chi connectivity index (χ0v) is 16.8. The first kappa shape index (κ1) is 18.9. The molecule has 1 aromatic carbocycles. The Morgan fingerprint density at radius 1 is 1.20 bits per heavy atom. The van der Waals surface area contributed by atoms with E-state index in [1.165, 1.54) is 32.1 Å². The molecule has 0 N–H and O–H groups in total. The van der Waals surface area contributed by atoms with E-state index in [9.17, 15) is 8.42 Å². The molecule has 3 rings (SSSR count). The molecule has 5 atom stereocenters. The lowest BCUT2D eigenvalue weighted by Gasteiger charge is -2.45. The van der Waals surface area contributed by atoms with Gasteiger partial charge in [-0.15, -0.1) is 0 Å². The van der Waals surface area contributed by atoms with E-state index in [2.05, 4.69) is 20.8 Å². The SMILES string of the molecule is Cc1ccc(S(=O)(=O)OC[C@H](C)C2CCC3[C@@H](C)CCC[C@@]32C)cc1. The maximum absolute atomic E-state index is 12.5. The van der Waals surface area contributed by atoms with Crippen LogP contribution in [-0.4, -0.2) is 15.0 Å². The van der Waals surface area contributed by atoms with Gasteiger partial charge in [0.05, 0.1) is 11.5 Å². The Kier molecular flexibility index (Phi) is 5.32. The van der Waals surface area contributed by atoms with Crippen LogP contribution in [0.15, 0.2) is 29.2 Å². The van der Waals surface area contributed by atoms with E-state index in [4.69, 9.17) is 4.18 Å². The largest absolute Gasteiger partial charge is 0.296 e.